The van der Waals surface area contributed by atoms with Crippen LogP contribution in [0.5, 0.6) is 0 Å². The van der Waals surface area contributed by atoms with Crippen molar-refractivity contribution in [3.8, 4) is 0 Å². The Morgan fingerprint density at radius 2 is 1.88 bits per heavy atom. The van der Waals surface area contributed by atoms with Gasteiger partial charge in [-0.25, -0.2) is 0 Å². The molecule has 7 nitrogen and oxygen atoms in total. The van der Waals surface area contributed by atoms with Crippen molar-refractivity contribution in [1.29, 1.82) is 0 Å². The molecule has 0 spiro atoms. The molecular formula is C18H17ClN2O5. The van der Waals surface area contributed by atoms with E-state index in [4.69, 9.17) is 16.3 Å². The van der Waals surface area contributed by atoms with Crippen molar-refractivity contribution in [1.82, 2.24) is 0 Å². The number of benzene rings is 2. The van der Waals surface area contributed by atoms with Crippen LogP contribution < -0.4 is 4.90 Å². The van der Waals surface area contributed by atoms with Crippen LogP contribution in [0.3, 0.4) is 0 Å². The Hall–Kier alpha value is -2.93. The van der Waals surface area contributed by atoms with E-state index >= 15 is 0 Å². The Labute approximate surface area is 155 Å². The highest BCUT2D eigenvalue weighted by atomic mass is 35.5. The van der Waals surface area contributed by atoms with E-state index in [1.807, 2.05) is 6.07 Å². The number of nitro groups is 1. The molecule has 0 bridgehead atoms. The van der Waals surface area contributed by atoms with Crippen molar-refractivity contribution in [2.45, 2.75) is 19.9 Å². The van der Waals surface area contributed by atoms with Crippen molar-refractivity contribution in [2.24, 2.45) is 0 Å². The summed E-state index contributed by atoms with van der Waals surface area (Å²) in [5.74, 6) is -1.31. The molecule has 0 aromatic heterocycles. The molecule has 0 aliphatic heterocycles. The molecule has 0 saturated carbocycles. The predicted octanol–water partition coefficient (Wildman–Crippen LogP) is 3.73. The van der Waals surface area contributed by atoms with E-state index in [2.05, 4.69) is 0 Å². The van der Waals surface area contributed by atoms with E-state index in [0.29, 0.717) is 0 Å². The molecule has 0 aliphatic rings. The highest BCUT2D eigenvalue weighted by molar-refractivity contribution is 6.31. The fraction of sp³-hybridized carbons (Fsp3) is 0.222. The summed E-state index contributed by atoms with van der Waals surface area (Å²) in [5.41, 5.74) is 0.502. The van der Waals surface area contributed by atoms with Gasteiger partial charge in [0.25, 0.3) is 5.69 Å². The van der Waals surface area contributed by atoms with Gasteiger partial charge < -0.3 is 9.64 Å². The van der Waals surface area contributed by atoms with Gasteiger partial charge in [-0.2, -0.15) is 0 Å². The number of nitrogens with zero attached hydrogens (tertiary/aromatic N) is 2. The molecule has 2 aromatic rings. The topological polar surface area (TPSA) is 89.8 Å². The van der Waals surface area contributed by atoms with Gasteiger partial charge in [0.1, 0.15) is 12.1 Å². The van der Waals surface area contributed by atoms with E-state index in [-0.39, 0.29) is 29.5 Å². The summed E-state index contributed by atoms with van der Waals surface area (Å²) in [7, 11) is 0. The normalized spacial score (nSPS) is 10.2. The lowest BCUT2D eigenvalue weighted by Crippen LogP contribution is -2.33. The average Bonchev–Trinajstić information content (AvgIpc) is 2.60. The van der Waals surface area contributed by atoms with Crippen LogP contribution in [0.1, 0.15) is 18.9 Å². The van der Waals surface area contributed by atoms with E-state index in [1.54, 1.807) is 31.2 Å². The molecule has 136 valence electrons. The molecule has 0 aliphatic carbocycles. The standard InChI is InChI=1S/C18H17ClN2O5/c1-2-26-18(23)11-17(22)20(12-13-6-4-3-5-7-13)16-10-14(19)8-9-15(16)21(24)25/h3-10H,2,11-12H2,1H3. The first-order valence-electron chi connectivity index (χ1n) is 7.86. The van der Waals surface area contributed by atoms with Crippen LogP contribution >= 0.6 is 11.6 Å². The molecule has 0 unspecified atom stereocenters. The Morgan fingerprint density at radius 1 is 1.19 bits per heavy atom. The number of ether oxygens (including phenoxy) is 1. The van der Waals surface area contributed by atoms with Crippen LogP contribution in [-0.4, -0.2) is 23.4 Å². The molecule has 8 heteroatoms. The van der Waals surface area contributed by atoms with Gasteiger partial charge in [-0.3, -0.25) is 19.7 Å². The predicted molar refractivity (Wildman–Crippen MR) is 97.0 cm³/mol. The molecule has 0 radical (unpaired) electrons. The highest BCUT2D eigenvalue weighted by Crippen LogP contribution is 2.32. The molecule has 2 aromatic carbocycles. The van der Waals surface area contributed by atoms with E-state index in [9.17, 15) is 19.7 Å². The monoisotopic (exact) mass is 376 g/mol. The lowest BCUT2D eigenvalue weighted by molar-refractivity contribution is -0.384. The number of esters is 1. The van der Waals surface area contributed by atoms with E-state index in [1.165, 1.54) is 23.1 Å². The van der Waals surface area contributed by atoms with E-state index < -0.39 is 23.2 Å². The van der Waals surface area contributed by atoms with Crippen molar-refractivity contribution < 1.29 is 19.2 Å². The van der Waals surface area contributed by atoms with Crippen LogP contribution in [0, 0.1) is 10.1 Å². The maximum atomic E-state index is 12.7. The van der Waals surface area contributed by atoms with Crippen molar-refractivity contribution in [2.75, 3.05) is 11.5 Å². The second kappa shape index (κ2) is 8.96. The zero-order chi connectivity index (χ0) is 19.1. The van der Waals surface area contributed by atoms with Gasteiger partial charge in [0, 0.05) is 11.1 Å². The minimum atomic E-state index is -0.694. The molecule has 0 atom stereocenters. The second-order valence-electron chi connectivity index (χ2n) is 5.34. The minimum Gasteiger partial charge on any atom is -0.466 e. The molecule has 1 amide bonds. The summed E-state index contributed by atoms with van der Waals surface area (Å²) >= 11 is 5.98. The molecule has 0 fully saturated rings. The fourth-order valence-electron chi connectivity index (χ4n) is 2.37. The Bertz CT molecular complexity index is 810. The van der Waals surface area contributed by atoms with Crippen molar-refractivity contribution in [3.63, 3.8) is 0 Å². The van der Waals surface area contributed by atoms with Gasteiger partial charge in [0.2, 0.25) is 5.91 Å². The third kappa shape index (κ3) is 5.03. The van der Waals surface area contributed by atoms with Gasteiger partial charge in [-0.15, -0.1) is 0 Å². The van der Waals surface area contributed by atoms with Crippen molar-refractivity contribution in [3.05, 3.63) is 69.2 Å². The summed E-state index contributed by atoms with van der Waals surface area (Å²) in [6.45, 7) is 1.83. The lowest BCUT2D eigenvalue weighted by Gasteiger charge is -2.23. The number of anilines is 1. The van der Waals surface area contributed by atoms with Gasteiger partial charge in [0.05, 0.1) is 18.1 Å². The largest absolute Gasteiger partial charge is 0.466 e. The Kier molecular flexibility index (Phi) is 6.68. The molecule has 2 rings (SSSR count). The number of halogens is 1. The number of rotatable bonds is 7. The highest BCUT2D eigenvalue weighted by Gasteiger charge is 2.26. The van der Waals surface area contributed by atoms with Gasteiger partial charge in [-0.05, 0) is 24.6 Å². The van der Waals surface area contributed by atoms with Crippen LogP contribution in [-0.2, 0) is 20.9 Å². The average molecular weight is 377 g/mol. The number of nitro benzene ring substituents is 1. The zero-order valence-electron chi connectivity index (χ0n) is 14.1. The number of carbonyl (C=O) groups excluding carboxylic acids is 2. The number of hydrogen-bond acceptors (Lipinski definition) is 5. The number of hydrogen-bond donors (Lipinski definition) is 0. The smallest absolute Gasteiger partial charge is 0.315 e. The number of carbonyl (C=O) groups is 2. The van der Waals surface area contributed by atoms with Crippen LogP contribution in [0.2, 0.25) is 5.02 Å². The molecular weight excluding hydrogens is 360 g/mol. The fourth-order valence-corrected chi connectivity index (χ4v) is 2.54. The molecule has 0 saturated heterocycles. The van der Waals surface area contributed by atoms with Gasteiger partial charge in [0.15, 0.2) is 0 Å². The molecule has 0 N–H and O–H groups in total. The van der Waals surface area contributed by atoms with Crippen LogP contribution in [0.25, 0.3) is 0 Å². The summed E-state index contributed by atoms with van der Waals surface area (Å²) in [4.78, 5) is 36.3. The minimum absolute atomic E-state index is 0.0284. The summed E-state index contributed by atoms with van der Waals surface area (Å²) < 4.78 is 4.80. The molecule has 26 heavy (non-hydrogen) atoms. The van der Waals surface area contributed by atoms with Gasteiger partial charge in [-0.1, -0.05) is 41.9 Å². The van der Waals surface area contributed by atoms with Crippen molar-refractivity contribution >= 4 is 34.9 Å². The quantitative estimate of drug-likeness (QED) is 0.318. The molecule has 0 heterocycles. The summed E-state index contributed by atoms with van der Waals surface area (Å²) in [5, 5.41) is 11.6. The van der Waals surface area contributed by atoms with Crippen LogP contribution in [0.4, 0.5) is 11.4 Å². The Balaban J connectivity index is 2.43. The maximum absolute atomic E-state index is 12.7. The Morgan fingerprint density at radius 3 is 2.50 bits per heavy atom. The second-order valence-corrected chi connectivity index (χ2v) is 5.77. The number of amides is 1. The summed E-state index contributed by atoms with van der Waals surface area (Å²) in [6.07, 6.45) is -0.523. The first kappa shape index (κ1) is 19.4. The van der Waals surface area contributed by atoms with E-state index in [0.717, 1.165) is 5.56 Å². The van der Waals surface area contributed by atoms with Gasteiger partial charge >= 0.3 is 5.97 Å². The van der Waals surface area contributed by atoms with Crippen LogP contribution in [0.15, 0.2) is 48.5 Å². The third-order valence-corrected chi connectivity index (χ3v) is 3.75. The maximum Gasteiger partial charge on any atom is 0.315 e. The first-order valence-corrected chi connectivity index (χ1v) is 8.24. The first-order chi connectivity index (χ1) is 12.4. The lowest BCUT2D eigenvalue weighted by atomic mass is 10.1. The summed E-state index contributed by atoms with van der Waals surface area (Å²) in [6, 6.07) is 12.9. The third-order valence-electron chi connectivity index (χ3n) is 3.51. The zero-order valence-corrected chi connectivity index (χ0v) is 14.8. The SMILES string of the molecule is CCOC(=O)CC(=O)N(Cc1ccccc1)c1cc(Cl)ccc1[N+](=O)[O-].